The second-order valence-corrected chi connectivity index (χ2v) is 8.95. The van der Waals surface area contributed by atoms with E-state index in [1.54, 1.807) is 0 Å². The lowest BCUT2D eigenvalue weighted by Gasteiger charge is -2.34. The number of rotatable bonds is 12. The number of nitrogens with zero attached hydrogens (tertiary/aromatic N) is 1. The summed E-state index contributed by atoms with van der Waals surface area (Å²) in [4.78, 5) is 13.8. The Morgan fingerprint density at radius 3 is 2.47 bits per heavy atom. The molecule has 174 valence electrons. The zero-order valence-corrected chi connectivity index (χ0v) is 19.4. The summed E-state index contributed by atoms with van der Waals surface area (Å²) < 4.78 is 12.0. The molecule has 0 aliphatic carbocycles. The van der Waals surface area contributed by atoms with E-state index in [-0.39, 0.29) is 6.10 Å². The van der Waals surface area contributed by atoms with Crippen molar-refractivity contribution in [3.63, 3.8) is 0 Å². The maximum atomic E-state index is 11.7. The third kappa shape index (κ3) is 7.64. The third-order valence-electron chi connectivity index (χ3n) is 6.31. The molecule has 0 aromatic heterocycles. The van der Waals surface area contributed by atoms with E-state index in [1.807, 2.05) is 31.2 Å². The number of carboxylic acids is 1. The van der Waals surface area contributed by atoms with Crippen LogP contribution < -0.4 is 4.74 Å². The monoisotopic (exact) mass is 439 g/mol. The minimum absolute atomic E-state index is 0.104. The highest BCUT2D eigenvalue weighted by Crippen LogP contribution is 2.21. The third-order valence-corrected chi connectivity index (χ3v) is 6.31. The lowest BCUT2D eigenvalue weighted by Crippen LogP contribution is -2.46. The smallest absolute Gasteiger partial charge is 0.321 e. The van der Waals surface area contributed by atoms with Crippen LogP contribution >= 0.6 is 0 Å². The van der Waals surface area contributed by atoms with E-state index < -0.39 is 12.0 Å². The maximum Gasteiger partial charge on any atom is 0.321 e. The van der Waals surface area contributed by atoms with Gasteiger partial charge in [0.25, 0.3) is 0 Å². The van der Waals surface area contributed by atoms with Gasteiger partial charge in [-0.15, -0.1) is 0 Å². The van der Waals surface area contributed by atoms with Crippen molar-refractivity contribution >= 4 is 5.97 Å². The molecule has 0 amide bonds. The predicted octanol–water partition coefficient (Wildman–Crippen LogP) is 4.83. The largest absolute Gasteiger partial charge is 0.491 e. The van der Waals surface area contributed by atoms with Crippen molar-refractivity contribution in [2.45, 2.75) is 58.1 Å². The Hall–Kier alpha value is -2.37. The van der Waals surface area contributed by atoms with Crippen LogP contribution in [0.1, 0.15) is 44.2 Å². The number of aliphatic carboxylic acids is 1. The van der Waals surface area contributed by atoms with Crippen LogP contribution in [0.4, 0.5) is 0 Å². The second kappa shape index (κ2) is 12.6. The van der Waals surface area contributed by atoms with E-state index in [0.717, 1.165) is 44.5 Å². The zero-order chi connectivity index (χ0) is 22.8. The van der Waals surface area contributed by atoms with E-state index >= 15 is 0 Å². The van der Waals surface area contributed by atoms with Gasteiger partial charge in [-0.2, -0.15) is 0 Å². The molecule has 5 heteroatoms. The molecular formula is C27H37NO4. The van der Waals surface area contributed by atoms with Crippen LogP contribution in [0.5, 0.6) is 5.75 Å². The number of hydrogen-bond donors (Lipinski definition) is 1. The first-order valence-electron chi connectivity index (χ1n) is 11.9. The summed E-state index contributed by atoms with van der Waals surface area (Å²) in [5.41, 5.74) is 2.50. The first-order valence-corrected chi connectivity index (χ1v) is 11.9. The van der Waals surface area contributed by atoms with E-state index in [4.69, 9.17) is 9.47 Å². The Balaban J connectivity index is 1.42. The lowest BCUT2D eigenvalue weighted by molar-refractivity contribution is -0.145. The molecule has 32 heavy (non-hydrogen) atoms. The summed E-state index contributed by atoms with van der Waals surface area (Å²) in [6.45, 7) is 6.79. The fourth-order valence-electron chi connectivity index (χ4n) is 4.21. The summed E-state index contributed by atoms with van der Waals surface area (Å²) in [5, 5.41) is 9.65. The number of likely N-dealkylation sites (tertiary alicyclic amines) is 1. The minimum Gasteiger partial charge on any atom is -0.491 e. The molecule has 0 bridgehead atoms. The highest BCUT2D eigenvalue weighted by molar-refractivity contribution is 5.73. The van der Waals surface area contributed by atoms with Gasteiger partial charge in [0.15, 0.2) is 0 Å². The molecule has 2 aromatic rings. The fourth-order valence-corrected chi connectivity index (χ4v) is 4.21. The van der Waals surface area contributed by atoms with Crippen molar-refractivity contribution in [1.82, 2.24) is 4.90 Å². The molecule has 1 fully saturated rings. The van der Waals surface area contributed by atoms with Crippen LogP contribution in [0, 0.1) is 5.92 Å². The molecule has 1 heterocycles. The van der Waals surface area contributed by atoms with E-state index in [9.17, 15) is 9.90 Å². The number of ether oxygens (including phenoxy) is 2. The van der Waals surface area contributed by atoms with Crippen LogP contribution in [0.15, 0.2) is 54.6 Å². The average molecular weight is 440 g/mol. The van der Waals surface area contributed by atoms with Gasteiger partial charge in [-0.05, 0) is 75.2 Å². The van der Waals surface area contributed by atoms with Gasteiger partial charge in [0, 0.05) is 6.61 Å². The van der Waals surface area contributed by atoms with Crippen molar-refractivity contribution in [3.05, 3.63) is 65.7 Å². The standard InChI is InChI=1S/C27H37NO4/c1-21-14-17-28(18-15-21)25(27(29)30)16-19-31-22(2)20-32-26-11-7-6-10-24(26)13-12-23-8-4-3-5-9-23/h3-11,21-22,25H,12-20H2,1-2H3,(H,29,30). The molecule has 2 aromatic carbocycles. The first kappa shape index (κ1) is 24.3. The van der Waals surface area contributed by atoms with Crippen molar-refractivity contribution in [2.75, 3.05) is 26.3 Å². The van der Waals surface area contributed by atoms with Crippen molar-refractivity contribution in [2.24, 2.45) is 5.92 Å². The molecule has 0 spiro atoms. The van der Waals surface area contributed by atoms with E-state index in [2.05, 4.69) is 42.2 Å². The van der Waals surface area contributed by atoms with Crippen molar-refractivity contribution in [3.8, 4) is 5.75 Å². The normalized spacial score (nSPS) is 17.1. The van der Waals surface area contributed by atoms with Gasteiger partial charge in [0.05, 0.1) is 6.10 Å². The second-order valence-electron chi connectivity index (χ2n) is 8.95. The number of piperidine rings is 1. The molecule has 1 aliphatic rings. The topological polar surface area (TPSA) is 59.0 Å². The Morgan fingerprint density at radius 2 is 1.75 bits per heavy atom. The van der Waals surface area contributed by atoms with E-state index in [0.29, 0.717) is 25.6 Å². The van der Waals surface area contributed by atoms with Crippen molar-refractivity contribution < 1.29 is 19.4 Å². The van der Waals surface area contributed by atoms with Crippen LogP contribution in [0.3, 0.4) is 0 Å². The first-order chi connectivity index (χ1) is 15.5. The van der Waals surface area contributed by atoms with Gasteiger partial charge in [-0.3, -0.25) is 9.69 Å². The van der Waals surface area contributed by atoms with Gasteiger partial charge in [-0.1, -0.05) is 55.5 Å². The number of aryl methyl sites for hydroxylation is 2. The molecule has 2 unspecified atom stereocenters. The number of carbonyl (C=O) groups is 1. The Morgan fingerprint density at radius 1 is 1.06 bits per heavy atom. The minimum atomic E-state index is -0.751. The number of benzene rings is 2. The average Bonchev–Trinajstić information content (AvgIpc) is 2.81. The van der Waals surface area contributed by atoms with Gasteiger partial charge in [0.1, 0.15) is 18.4 Å². The molecule has 1 aliphatic heterocycles. The molecular weight excluding hydrogens is 402 g/mol. The zero-order valence-electron chi connectivity index (χ0n) is 19.4. The maximum absolute atomic E-state index is 11.7. The Kier molecular flexibility index (Phi) is 9.57. The molecule has 0 saturated carbocycles. The summed E-state index contributed by atoms with van der Waals surface area (Å²) in [5.74, 6) is 0.828. The lowest BCUT2D eigenvalue weighted by atomic mass is 9.97. The summed E-state index contributed by atoms with van der Waals surface area (Å²) in [6.07, 6.45) is 4.43. The molecule has 3 rings (SSSR count). The predicted molar refractivity (Wildman–Crippen MR) is 127 cm³/mol. The number of carboxylic acid groups (broad SMARTS) is 1. The highest BCUT2D eigenvalue weighted by Gasteiger charge is 2.28. The van der Waals surface area contributed by atoms with Gasteiger partial charge in [-0.25, -0.2) is 0 Å². The van der Waals surface area contributed by atoms with Gasteiger partial charge in [0.2, 0.25) is 0 Å². The molecule has 0 radical (unpaired) electrons. The highest BCUT2D eigenvalue weighted by atomic mass is 16.5. The molecule has 5 nitrogen and oxygen atoms in total. The summed E-state index contributed by atoms with van der Waals surface area (Å²) in [7, 11) is 0. The SMILES string of the molecule is CC1CCN(C(CCOC(C)COc2ccccc2CCc2ccccc2)C(=O)O)CC1. The summed E-state index contributed by atoms with van der Waals surface area (Å²) >= 11 is 0. The number of para-hydroxylation sites is 1. The molecule has 2 atom stereocenters. The Labute approximate surface area is 192 Å². The van der Waals surface area contributed by atoms with E-state index in [1.165, 1.54) is 11.1 Å². The quantitative estimate of drug-likeness (QED) is 0.513. The van der Waals surface area contributed by atoms with Gasteiger partial charge < -0.3 is 14.6 Å². The van der Waals surface area contributed by atoms with Crippen LogP contribution in [-0.2, 0) is 22.4 Å². The van der Waals surface area contributed by atoms with Crippen LogP contribution in [0.2, 0.25) is 0 Å². The van der Waals surface area contributed by atoms with Crippen LogP contribution in [0.25, 0.3) is 0 Å². The van der Waals surface area contributed by atoms with Crippen molar-refractivity contribution in [1.29, 1.82) is 0 Å². The fraction of sp³-hybridized carbons (Fsp3) is 0.519. The van der Waals surface area contributed by atoms with Gasteiger partial charge >= 0.3 is 5.97 Å². The Bertz CT molecular complexity index is 817. The number of hydrogen-bond acceptors (Lipinski definition) is 4. The summed E-state index contributed by atoms with van der Waals surface area (Å²) in [6, 6.07) is 18.1. The molecule has 1 saturated heterocycles. The van der Waals surface area contributed by atoms with Crippen LogP contribution in [-0.4, -0.2) is 54.4 Å². The molecule has 1 N–H and O–H groups in total.